The maximum Gasteiger partial charge on any atom is 0.214 e. The highest BCUT2D eigenvalue weighted by Crippen LogP contribution is 2.28. The second-order valence-corrected chi connectivity index (χ2v) is 8.09. The van der Waals surface area contributed by atoms with Crippen molar-refractivity contribution in [3.8, 4) is 0 Å². The van der Waals surface area contributed by atoms with Gasteiger partial charge in [0.05, 0.1) is 5.25 Å². The highest BCUT2D eigenvalue weighted by atomic mass is 32.2. The first-order valence-corrected chi connectivity index (χ1v) is 8.80. The van der Waals surface area contributed by atoms with Crippen LogP contribution in [0.4, 0.5) is 0 Å². The molecule has 5 heteroatoms. The van der Waals surface area contributed by atoms with Crippen molar-refractivity contribution < 1.29 is 8.42 Å². The fraction of sp³-hybridized carbons (Fsp3) is 1.00. The molecule has 0 unspecified atom stereocenters. The van der Waals surface area contributed by atoms with E-state index in [1.54, 1.807) is 0 Å². The number of sulfonamides is 1. The number of hydrogen-bond donors (Lipinski definition) is 2. The molecule has 2 saturated carbocycles. The quantitative estimate of drug-likeness (QED) is 0.823. The highest BCUT2D eigenvalue weighted by Gasteiger charge is 2.33. The summed E-state index contributed by atoms with van der Waals surface area (Å²) in [5.74, 6) is 0.674. The Kier molecular flexibility index (Phi) is 4.67. The van der Waals surface area contributed by atoms with E-state index >= 15 is 0 Å². The molecule has 2 aliphatic rings. The van der Waals surface area contributed by atoms with E-state index < -0.39 is 10.0 Å². The van der Waals surface area contributed by atoms with Crippen LogP contribution in [0.5, 0.6) is 0 Å². The Morgan fingerprint density at radius 3 is 2.22 bits per heavy atom. The maximum atomic E-state index is 12.3. The minimum atomic E-state index is -3.17. The summed E-state index contributed by atoms with van der Waals surface area (Å²) in [5, 5.41) is -0.192. The Morgan fingerprint density at radius 1 is 1.00 bits per heavy atom. The van der Waals surface area contributed by atoms with Crippen molar-refractivity contribution >= 4 is 10.0 Å². The third-order valence-electron chi connectivity index (χ3n) is 4.54. The molecule has 0 spiro atoms. The largest absolute Gasteiger partial charge is 0.326 e. The molecule has 2 aliphatic carbocycles. The van der Waals surface area contributed by atoms with Gasteiger partial charge in [-0.2, -0.15) is 0 Å². The lowest BCUT2D eigenvalue weighted by molar-refractivity contribution is 0.349. The van der Waals surface area contributed by atoms with Gasteiger partial charge in [0.2, 0.25) is 10.0 Å². The van der Waals surface area contributed by atoms with E-state index in [4.69, 9.17) is 5.73 Å². The van der Waals surface area contributed by atoms with Crippen molar-refractivity contribution in [2.75, 3.05) is 0 Å². The van der Waals surface area contributed by atoms with E-state index in [1.165, 1.54) is 0 Å². The summed E-state index contributed by atoms with van der Waals surface area (Å²) in [5.41, 5.74) is 6.01. The zero-order valence-corrected chi connectivity index (χ0v) is 12.1. The zero-order chi connectivity index (χ0) is 13.2. The van der Waals surface area contributed by atoms with Crippen LogP contribution >= 0.6 is 0 Å². The average Bonchev–Trinajstić information content (AvgIpc) is 2.32. The third-order valence-corrected chi connectivity index (χ3v) is 6.52. The van der Waals surface area contributed by atoms with Crippen LogP contribution in [0.15, 0.2) is 0 Å². The summed E-state index contributed by atoms with van der Waals surface area (Å²) in [6.45, 7) is 2.20. The van der Waals surface area contributed by atoms with Crippen LogP contribution in [0.25, 0.3) is 0 Å². The van der Waals surface area contributed by atoms with Crippen molar-refractivity contribution in [1.82, 2.24) is 4.72 Å². The average molecular weight is 274 g/mol. The lowest BCUT2D eigenvalue weighted by Gasteiger charge is -2.32. The fourth-order valence-corrected chi connectivity index (χ4v) is 4.95. The van der Waals surface area contributed by atoms with Crippen LogP contribution in [0.3, 0.4) is 0 Å². The molecule has 0 aromatic carbocycles. The molecule has 3 N–H and O–H groups in total. The van der Waals surface area contributed by atoms with Gasteiger partial charge in [-0.1, -0.05) is 19.8 Å². The van der Waals surface area contributed by atoms with Crippen LogP contribution in [-0.4, -0.2) is 25.8 Å². The van der Waals surface area contributed by atoms with Crippen LogP contribution in [0.1, 0.15) is 58.3 Å². The molecule has 0 saturated heterocycles. The molecule has 4 nitrogen and oxygen atoms in total. The van der Waals surface area contributed by atoms with Gasteiger partial charge in [0.25, 0.3) is 0 Å². The number of hydrogen-bond acceptors (Lipinski definition) is 3. The fourth-order valence-electron chi connectivity index (χ4n) is 3.15. The van der Waals surface area contributed by atoms with E-state index in [0.717, 1.165) is 51.4 Å². The summed E-state index contributed by atoms with van der Waals surface area (Å²) in [6, 6.07) is -0.0425. The van der Waals surface area contributed by atoms with E-state index in [0.29, 0.717) is 5.92 Å². The van der Waals surface area contributed by atoms with Gasteiger partial charge in [-0.15, -0.1) is 0 Å². The van der Waals surface area contributed by atoms with Gasteiger partial charge in [0, 0.05) is 12.1 Å². The van der Waals surface area contributed by atoms with E-state index in [2.05, 4.69) is 11.6 Å². The van der Waals surface area contributed by atoms with Crippen molar-refractivity contribution in [1.29, 1.82) is 0 Å². The standard InChI is InChI=1S/C13H26N2O2S/c1-10-6-8-11(9-7-10)18(16,17)15-13-5-3-2-4-12(13)14/h10-13,15H,2-9,14H2,1H3/t10?,11?,12-,13-/m0/s1. The van der Waals surface area contributed by atoms with E-state index in [1.807, 2.05) is 0 Å². The van der Waals surface area contributed by atoms with Gasteiger partial charge in [-0.25, -0.2) is 13.1 Å². The van der Waals surface area contributed by atoms with Crippen molar-refractivity contribution in [2.45, 2.75) is 75.6 Å². The monoisotopic (exact) mass is 274 g/mol. The summed E-state index contributed by atoms with van der Waals surface area (Å²) in [4.78, 5) is 0. The first-order chi connectivity index (χ1) is 8.49. The SMILES string of the molecule is CC1CCC(S(=O)(=O)N[C@H]2CCCC[C@@H]2N)CC1. The molecule has 2 fully saturated rings. The summed E-state index contributed by atoms with van der Waals surface area (Å²) in [6.07, 6.45) is 7.71. The second-order valence-electron chi connectivity index (χ2n) is 6.10. The van der Waals surface area contributed by atoms with Crippen molar-refractivity contribution in [3.63, 3.8) is 0 Å². The van der Waals surface area contributed by atoms with Crippen molar-refractivity contribution in [2.24, 2.45) is 11.7 Å². The molecule has 0 aromatic heterocycles. The van der Waals surface area contributed by atoms with Gasteiger partial charge in [-0.05, 0) is 44.4 Å². The normalized spacial score (nSPS) is 38.6. The molecule has 2 atom stereocenters. The second kappa shape index (κ2) is 5.88. The molecule has 0 heterocycles. The lowest BCUT2D eigenvalue weighted by Crippen LogP contribution is -2.51. The van der Waals surface area contributed by atoms with Gasteiger partial charge in [-0.3, -0.25) is 0 Å². The Morgan fingerprint density at radius 2 is 1.61 bits per heavy atom. The Bertz CT molecular complexity index is 361. The van der Waals surface area contributed by atoms with Crippen LogP contribution in [-0.2, 0) is 10.0 Å². The lowest BCUT2D eigenvalue weighted by atomic mass is 9.91. The molecule has 0 aromatic rings. The number of nitrogens with one attached hydrogen (secondary N) is 1. The van der Waals surface area contributed by atoms with Gasteiger partial charge in [0.15, 0.2) is 0 Å². The molecule has 2 rings (SSSR count). The summed E-state index contributed by atoms with van der Waals surface area (Å²) < 4.78 is 27.6. The number of rotatable bonds is 3. The smallest absolute Gasteiger partial charge is 0.214 e. The Balaban J connectivity index is 1.94. The predicted octanol–water partition coefficient (Wildman–Crippen LogP) is 1.75. The van der Waals surface area contributed by atoms with Crippen molar-refractivity contribution in [3.05, 3.63) is 0 Å². The molecule has 0 bridgehead atoms. The minimum Gasteiger partial charge on any atom is -0.326 e. The molecule has 0 aliphatic heterocycles. The summed E-state index contributed by atoms with van der Waals surface area (Å²) >= 11 is 0. The molecular formula is C13H26N2O2S. The molecule has 106 valence electrons. The van der Waals surface area contributed by atoms with Gasteiger partial charge >= 0.3 is 0 Å². The van der Waals surface area contributed by atoms with E-state index in [-0.39, 0.29) is 17.3 Å². The molecule has 0 radical (unpaired) electrons. The topological polar surface area (TPSA) is 72.2 Å². The van der Waals surface area contributed by atoms with E-state index in [9.17, 15) is 8.42 Å². The van der Waals surface area contributed by atoms with Crippen LogP contribution < -0.4 is 10.5 Å². The predicted molar refractivity (Wildman–Crippen MR) is 73.7 cm³/mol. The molecule has 18 heavy (non-hydrogen) atoms. The van der Waals surface area contributed by atoms with Crippen LogP contribution in [0.2, 0.25) is 0 Å². The first-order valence-electron chi connectivity index (χ1n) is 7.26. The Labute approximate surface area is 111 Å². The molecular weight excluding hydrogens is 248 g/mol. The highest BCUT2D eigenvalue weighted by molar-refractivity contribution is 7.90. The first kappa shape index (κ1) is 14.3. The molecule has 0 amide bonds. The summed E-state index contributed by atoms with van der Waals surface area (Å²) in [7, 11) is -3.17. The van der Waals surface area contributed by atoms with Gasteiger partial charge in [0.1, 0.15) is 0 Å². The number of nitrogens with two attached hydrogens (primary N) is 1. The maximum absolute atomic E-state index is 12.3. The van der Waals surface area contributed by atoms with Gasteiger partial charge < -0.3 is 5.73 Å². The Hall–Kier alpha value is -0.130. The zero-order valence-electron chi connectivity index (χ0n) is 11.3. The third kappa shape index (κ3) is 3.45. The minimum absolute atomic E-state index is 0.00367. The van der Waals surface area contributed by atoms with Crippen LogP contribution in [0, 0.1) is 5.92 Å².